The topological polar surface area (TPSA) is 31.5 Å². The third-order valence-electron chi connectivity index (χ3n) is 0. The zero-order chi connectivity index (χ0) is 0. The van der Waals surface area contributed by atoms with Crippen LogP contribution in [-0.4, -0.2) is 5.48 Å². The molecule has 0 aliphatic rings. The number of hydrogen-bond acceptors (Lipinski definition) is 0. The summed E-state index contributed by atoms with van der Waals surface area (Å²) in [5, 5.41) is 0. The minimum Gasteiger partial charge on any atom is -0.412 e. The molecule has 0 atom stereocenters. The molecule has 0 amide bonds. The van der Waals surface area contributed by atoms with Gasteiger partial charge < -0.3 is 5.48 Å². The van der Waals surface area contributed by atoms with Gasteiger partial charge in [0.25, 0.3) is 0 Å². The van der Waals surface area contributed by atoms with Crippen molar-refractivity contribution in [1.82, 2.24) is 0 Å². The van der Waals surface area contributed by atoms with Crippen molar-refractivity contribution < 1.29 is 58.5 Å². The Bertz CT molecular complexity index is 8.00. The average Bonchev–Trinajstić information content (AvgIpc) is 0. The molecule has 0 heterocycles. The van der Waals surface area contributed by atoms with E-state index in [9.17, 15) is 0 Å². The Morgan fingerprint density at radius 1 is 1.00 bits per heavy atom. The Labute approximate surface area is 58.4 Å². The van der Waals surface area contributed by atoms with E-state index in [1.165, 1.54) is 0 Å². The van der Waals surface area contributed by atoms with Crippen molar-refractivity contribution in [1.29, 1.82) is 0 Å². The molecule has 1 radical (unpaired) electrons. The van der Waals surface area contributed by atoms with E-state index in [-0.39, 0.29) is 58.5 Å². The van der Waals surface area contributed by atoms with Gasteiger partial charge in [-0.05, 0) is 0 Å². The van der Waals surface area contributed by atoms with Crippen molar-refractivity contribution in [2.24, 2.45) is 0 Å². The van der Waals surface area contributed by atoms with Crippen LogP contribution in [0, 0.1) is 0 Å². The van der Waals surface area contributed by atoms with Crippen LogP contribution in [0.3, 0.4) is 0 Å². The van der Waals surface area contributed by atoms with E-state index in [2.05, 4.69) is 0 Å². The van der Waals surface area contributed by atoms with Gasteiger partial charge in [0.1, 0.15) is 0 Å². The maximum Gasteiger partial charge on any atom is 0 e. The fourth-order valence-electron chi connectivity index (χ4n) is 0. The predicted octanol–water partition coefficient (Wildman–Crippen LogP) is -0.832. The van der Waals surface area contributed by atoms with Gasteiger partial charge in [-0.25, -0.2) is 0 Å². The molecule has 2 N–H and O–H groups in total. The largest absolute Gasteiger partial charge is 0.412 e. The smallest absolute Gasteiger partial charge is 0 e. The summed E-state index contributed by atoms with van der Waals surface area (Å²) in [5.74, 6) is 0. The molecule has 0 aromatic rings. The molecule has 0 aliphatic heterocycles. The molecular weight excluding hydrogens is 204 g/mol. The quantitative estimate of drug-likeness (QED) is 0.463. The summed E-state index contributed by atoms with van der Waals surface area (Å²) >= 11 is 0. The van der Waals surface area contributed by atoms with Crippen molar-refractivity contribution >= 4 is 0 Å². The summed E-state index contributed by atoms with van der Waals surface area (Å²) in [5.41, 5.74) is 0. The zero-order valence-corrected chi connectivity index (χ0v) is 6.72. The van der Waals surface area contributed by atoms with E-state index in [1.54, 1.807) is 0 Å². The van der Waals surface area contributed by atoms with Crippen LogP contribution in [-0.2, 0) is 53.0 Å². The van der Waals surface area contributed by atoms with E-state index in [4.69, 9.17) is 0 Å². The van der Waals surface area contributed by atoms with Crippen LogP contribution in [0.15, 0.2) is 0 Å². The number of rotatable bonds is 0. The molecule has 0 saturated carbocycles. The van der Waals surface area contributed by atoms with Crippen molar-refractivity contribution in [3.8, 4) is 0 Å². The maximum absolute atomic E-state index is 0. The van der Waals surface area contributed by atoms with Crippen LogP contribution < -0.4 is 0 Å². The predicted molar refractivity (Wildman–Crippen MR) is 3.61 cm³/mol. The standard InChI is InChI=1S/Cu.Ni.H2O.Zn/h;;1H2;. The zero-order valence-electron chi connectivity index (χ0n) is 1.82. The Morgan fingerprint density at radius 2 is 1.00 bits per heavy atom. The molecule has 0 rings (SSSR count). The Kier molecular flexibility index (Phi) is 271. The van der Waals surface area contributed by atoms with Gasteiger partial charge in [0.2, 0.25) is 0 Å². The summed E-state index contributed by atoms with van der Waals surface area (Å²) in [4.78, 5) is 0. The van der Waals surface area contributed by atoms with Crippen LogP contribution in [0.1, 0.15) is 0 Å². The minimum absolute atomic E-state index is 0. The first-order valence-electron chi connectivity index (χ1n) is 0. The normalized spacial score (nSPS) is 0. The summed E-state index contributed by atoms with van der Waals surface area (Å²) < 4.78 is 0. The monoisotopic (exact) mass is 203 g/mol. The van der Waals surface area contributed by atoms with Gasteiger partial charge in [-0.15, -0.1) is 0 Å². The fraction of sp³-hybridized carbons (Fsp3) is 0. The van der Waals surface area contributed by atoms with E-state index < -0.39 is 0 Å². The molecule has 0 bridgehead atoms. The van der Waals surface area contributed by atoms with Gasteiger partial charge in [-0.2, -0.15) is 0 Å². The van der Waals surface area contributed by atoms with Crippen LogP contribution in [0.2, 0.25) is 0 Å². The molecule has 0 aliphatic carbocycles. The maximum atomic E-state index is 0. The Morgan fingerprint density at radius 3 is 1.00 bits per heavy atom. The molecule has 0 unspecified atom stereocenters. The summed E-state index contributed by atoms with van der Waals surface area (Å²) in [7, 11) is 0. The SMILES string of the molecule is O.[Cu].[Ni].[Zn]. The van der Waals surface area contributed by atoms with Gasteiger partial charge in [-0.1, -0.05) is 0 Å². The third-order valence-corrected chi connectivity index (χ3v) is 0. The van der Waals surface area contributed by atoms with Crippen molar-refractivity contribution in [3.05, 3.63) is 0 Å². The molecule has 1 nitrogen and oxygen atoms in total. The molecule has 0 saturated heterocycles. The first-order valence-corrected chi connectivity index (χ1v) is 0. The first kappa shape index (κ1) is 46.4. The van der Waals surface area contributed by atoms with Gasteiger partial charge >= 0.3 is 0 Å². The fourth-order valence-corrected chi connectivity index (χ4v) is 0. The van der Waals surface area contributed by atoms with Crippen LogP contribution in [0.4, 0.5) is 0 Å². The molecule has 31 valence electrons. The Balaban J connectivity index is 0. The first-order chi connectivity index (χ1) is 0. The second-order valence-corrected chi connectivity index (χ2v) is 0. The van der Waals surface area contributed by atoms with E-state index in [0.29, 0.717) is 0 Å². The molecule has 0 fully saturated rings. The van der Waals surface area contributed by atoms with Crippen molar-refractivity contribution in [2.45, 2.75) is 0 Å². The molecule has 4 heavy (non-hydrogen) atoms. The average molecular weight is 206 g/mol. The molecule has 0 spiro atoms. The van der Waals surface area contributed by atoms with Crippen molar-refractivity contribution in [3.63, 3.8) is 0 Å². The molecule has 0 aromatic carbocycles. The van der Waals surface area contributed by atoms with Gasteiger partial charge in [-0.3, -0.25) is 0 Å². The van der Waals surface area contributed by atoms with E-state index >= 15 is 0 Å². The molecular formula is H2CuNiOZn. The summed E-state index contributed by atoms with van der Waals surface area (Å²) in [6, 6.07) is 0. The Hall–Kier alpha value is 1.60. The van der Waals surface area contributed by atoms with Gasteiger partial charge in [0.05, 0.1) is 0 Å². The second-order valence-electron chi connectivity index (χ2n) is 0. The molecule has 0 aromatic heterocycles. The van der Waals surface area contributed by atoms with Gasteiger partial charge in [0.15, 0.2) is 0 Å². The minimum atomic E-state index is 0. The van der Waals surface area contributed by atoms with Gasteiger partial charge in [0, 0.05) is 53.0 Å². The van der Waals surface area contributed by atoms with E-state index in [1.807, 2.05) is 0 Å². The summed E-state index contributed by atoms with van der Waals surface area (Å²) in [6.45, 7) is 0. The van der Waals surface area contributed by atoms with Crippen LogP contribution in [0.25, 0.3) is 0 Å². The number of hydrogen-bond donors (Lipinski definition) is 0. The van der Waals surface area contributed by atoms with E-state index in [0.717, 1.165) is 0 Å². The van der Waals surface area contributed by atoms with Crippen molar-refractivity contribution in [2.75, 3.05) is 0 Å². The van der Waals surface area contributed by atoms with Crippen LogP contribution in [0.5, 0.6) is 0 Å². The third kappa shape index (κ3) is 9.51. The van der Waals surface area contributed by atoms with Crippen LogP contribution >= 0.6 is 0 Å². The molecule has 4 heteroatoms. The second kappa shape index (κ2) is 23.3. The summed E-state index contributed by atoms with van der Waals surface area (Å²) in [6.07, 6.45) is 0.